The first-order valence-corrected chi connectivity index (χ1v) is 4.49. The number of nitriles is 1. The van der Waals surface area contributed by atoms with Gasteiger partial charge in [0.05, 0.1) is 6.07 Å². The van der Waals surface area contributed by atoms with Crippen molar-refractivity contribution < 1.29 is 0 Å². The Balaban J connectivity index is 2.65. The zero-order valence-electron chi connectivity index (χ0n) is 6.82. The lowest BCUT2D eigenvalue weighted by Gasteiger charge is -1.95. The van der Waals surface area contributed by atoms with Gasteiger partial charge >= 0.3 is 0 Å². The van der Waals surface area contributed by atoms with Gasteiger partial charge in [0.1, 0.15) is 0 Å². The van der Waals surface area contributed by atoms with Crippen LogP contribution >= 0.6 is 11.8 Å². The van der Waals surface area contributed by atoms with Crippen LogP contribution < -0.4 is 0 Å². The highest BCUT2D eigenvalue weighted by Gasteiger charge is 1.89. The largest absolute Gasteiger partial charge is 0.193 e. The van der Waals surface area contributed by atoms with Crippen LogP contribution in [0.3, 0.4) is 0 Å². The van der Waals surface area contributed by atoms with Crippen molar-refractivity contribution in [2.75, 3.05) is 0 Å². The van der Waals surface area contributed by atoms with Crippen molar-refractivity contribution in [1.29, 1.82) is 5.26 Å². The van der Waals surface area contributed by atoms with Gasteiger partial charge in [-0.05, 0) is 24.5 Å². The first kappa shape index (κ1) is 8.89. The Bertz CT molecular complexity index is 323. The Morgan fingerprint density at radius 2 is 2.33 bits per heavy atom. The molecule has 0 N–H and O–H groups in total. The molecular weight excluding hydrogens is 166 g/mol. The first-order chi connectivity index (χ1) is 5.83. The van der Waals surface area contributed by atoms with Crippen LogP contribution in [-0.2, 0) is 0 Å². The molecule has 0 saturated heterocycles. The van der Waals surface area contributed by atoms with E-state index < -0.39 is 0 Å². The molecule has 0 heterocycles. The molecule has 1 nitrogen and oxygen atoms in total. The molecule has 0 aliphatic heterocycles. The van der Waals surface area contributed by atoms with Gasteiger partial charge in [0.2, 0.25) is 0 Å². The van der Waals surface area contributed by atoms with Crippen LogP contribution in [0.4, 0.5) is 0 Å². The van der Waals surface area contributed by atoms with Gasteiger partial charge in [-0.3, -0.25) is 0 Å². The second-order valence-corrected chi connectivity index (χ2v) is 3.35. The summed E-state index contributed by atoms with van der Waals surface area (Å²) < 4.78 is 0. The van der Waals surface area contributed by atoms with E-state index in [0.717, 1.165) is 0 Å². The Morgan fingerprint density at radius 3 is 3.00 bits per heavy atom. The maximum Gasteiger partial charge on any atom is 0.0917 e. The van der Waals surface area contributed by atoms with E-state index in [9.17, 15) is 0 Å². The van der Waals surface area contributed by atoms with Gasteiger partial charge in [-0.1, -0.05) is 29.5 Å². The lowest BCUT2D eigenvalue weighted by molar-refractivity contribution is 1.37. The molecule has 0 radical (unpaired) electrons. The smallest absolute Gasteiger partial charge is 0.0917 e. The zero-order chi connectivity index (χ0) is 8.81. The number of rotatable bonds is 2. The summed E-state index contributed by atoms with van der Waals surface area (Å²) in [6, 6.07) is 10.1. The molecule has 0 fully saturated rings. The molecular formula is C10H9NS. The van der Waals surface area contributed by atoms with Crippen molar-refractivity contribution >= 4 is 11.8 Å². The van der Waals surface area contributed by atoms with Crippen LogP contribution in [0.2, 0.25) is 0 Å². The van der Waals surface area contributed by atoms with E-state index in [0.29, 0.717) is 0 Å². The second kappa shape index (κ2) is 4.63. The molecule has 0 saturated carbocycles. The van der Waals surface area contributed by atoms with Crippen LogP contribution in [0.5, 0.6) is 0 Å². The van der Waals surface area contributed by atoms with Gasteiger partial charge in [0.15, 0.2) is 0 Å². The fourth-order valence-electron chi connectivity index (χ4n) is 0.832. The number of benzene rings is 1. The molecule has 1 aromatic carbocycles. The zero-order valence-corrected chi connectivity index (χ0v) is 7.64. The van der Waals surface area contributed by atoms with E-state index in [1.807, 2.05) is 18.2 Å². The lowest BCUT2D eigenvalue weighted by atomic mass is 10.2. The lowest BCUT2D eigenvalue weighted by Crippen LogP contribution is -1.71. The van der Waals surface area contributed by atoms with Crippen LogP contribution in [0.1, 0.15) is 5.56 Å². The molecule has 0 atom stereocenters. The van der Waals surface area contributed by atoms with Crippen molar-refractivity contribution in [3.8, 4) is 6.07 Å². The van der Waals surface area contributed by atoms with Crippen LogP contribution in [0, 0.1) is 18.3 Å². The number of hydrogen-bond acceptors (Lipinski definition) is 2. The van der Waals surface area contributed by atoms with Gasteiger partial charge in [0.25, 0.3) is 0 Å². The minimum Gasteiger partial charge on any atom is -0.193 e. The molecule has 0 aromatic heterocycles. The van der Waals surface area contributed by atoms with E-state index in [-0.39, 0.29) is 0 Å². The molecule has 1 aromatic rings. The van der Waals surface area contributed by atoms with Crippen molar-refractivity contribution in [3.05, 3.63) is 41.3 Å². The van der Waals surface area contributed by atoms with Crippen molar-refractivity contribution in [2.45, 2.75) is 11.8 Å². The fraction of sp³-hybridized carbons (Fsp3) is 0.100. The summed E-state index contributed by atoms with van der Waals surface area (Å²) in [6.07, 6.45) is 1.48. The third kappa shape index (κ3) is 2.81. The maximum absolute atomic E-state index is 8.25. The summed E-state index contributed by atoms with van der Waals surface area (Å²) >= 11 is 1.56. The minimum atomic E-state index is 1.17. The SMILES string of the molecule is Cc1cccc(SC=CC#N)c1. The molecule has 0 spiro atoms. The standard InChI is InChI=1S/C10H9NS/c1-9-4-2-5-10(8-9)12-7-3-6-11/h2-5,7-8H,1H3. The third-order valence-corrected chi connectivity index (χ3v) is 2.13. The maximum atomic E-state index is 8.25. The van der Waals surface area contributed by atoms with Crippen LogP contribution in [0.15, 0.2) is 40.6 Å². The molecule has 60 valence electrons. The van der Waals surface area contributed by atoms with Gasteiger partial charge in [-0.15, -0.1) is 0 Å². The van der Waals surface area contributed by atoms with Crippen molar-refractivity contribution in [1.82, 2.24) is 0 Å². The number of allylic oxidation sites excluding steroid dienone is 1. The summed E-state index contributed by atoms with van der Waals surface area (Å²) in [4.78, 5) is 1.17. The topological polar surface area (TPSA) is 23.8 Å². The molecule has 1 rings (SSSR count). The Kier molecular flexibility index (Phi) is 3.43. The molecule has 2 heteroatoms. The highest BCUT2D eigenvalue weighted by molar-refractivity contribution is 8.02. The Morgan fingerprint density at radius 1 is 1.50 bits per heavy atom. The average Bonchev–Trinajstić information content (AvgIpc) is 2.05. The predicted molar refractivity (Wildman–Crippen MR) is 51.8 cm³/mol. The minimum absolute atomic E-state index is 1.17. The van der Waals surface area contributed by atoms with Crippen molar-refractivity contribution in [2.24, 2.45) is 0 Å². The molecule has 12 heavy (non-hydrogen) atoms. The van der Waals surface area contributed by atoms with E-state index >= 15 is 0 Å². The van der Waals surface area contributed by atoms with Crippen LogP contribution in [-0.4, -0.2) is 0 Å². The van der Waals surface area contributed by atoms with Gasteiger partial charge in [-0.25, -0.2) is 0 Å². The summed E-state index contributed by atoms with van der Waals surface area (Å²) in [6.45, 7) is 2.05. The van der Waals surface area contributed by atoms with Gasteiger partial charge in [0, 0.05) is 11.0 Å². The molecule has 0 bridgehead atoms. The second-order valence-electron chi connectivity index (χ2n) is 2.37. The van der Waals surface area contributed by atoms with Gasteiger partial charge in [-0.2, -0.15) is 5.26 Å². The Hall–Kier alpha value is -1.20. The molecule has 0 aliphatic carbocycles. The van der Waals surface area contributed by atoms with Crippen LogP contribution in [0.25, 0.3) is 0 Å². The molecule has 0 aliphatic rings. The highest BCUT2D eigenvalue weighted by atomic mass is 32.2. The first-order valence-electron chi connectivity index (χ1n) is 3.61. The fourth-order valence-corrected chi connectivity index (χ4v) is 1.53. The van der Waals surface area contributed by atoms with E-state index in [1.54, 1.807) is 17.2 Å². The molecule has 0 unspecified atom stereocenters. The average molecular weight is 175 g/mol. The number of thioether (sulfide) groups is 1. The number of aryl methyl sites for hydroxylation is 1. The Labute approximate surface area is 76.7 Å². The number of nitrogens with zero attached hydrogens (tertiary/aromatic N) is 1. The number of hydrogen-bond donors (Lipinski definition) is 0. The van der Waals surface area contributed by atoms with Gasteiger partial charge < -0.3 is 0 Å². The third-order valence-electron chi connectivity index (χ3n) is 1.34. The normalized spacial score (nSPS) is 10.0. The van der Waals surface area contributed by atoms with Crippen molar-refractivity contribution in [3.63, 3.8) is 0 Å². The highest BCUT2D eigenvalue weighted by Crippen LogP contribution is 2.19. The quantitative estimate of drug-likeness (QED) is 0.509. The summed E-state index contributed by atoms with van der Waals surface area (Å²) in [7, 11) is 0. The summed E-state index contributed by atoms with van der Waals surface area (Å²) in [5, 5.41) is 10.0. The summed E-state index contributed by atoms with van der Waals surface area (Å²) in [5.41, 5.74) is 1.24. The summed E-state index contributed by atoms with van der Waals surface area (Å²) in [5.74, 6) is 0. The van der Waals surface area contributed by atoms with E-state index in [2.05, 4.69) is 19.1 Å². The predicted octanol–water partition coefficient (Wildman–Crippen LogP) is 3.12. The monoisotopic (exact) mass is 175 g/mol. The molecule has 0 amide bonds. The van der Waals surface area contributed by atoms with E-state index in [1.165, 1.54) is 16.5 Å². The van der Waals surface area contributed by atoms with E-state index in [4.69, 9.17) is 5.26 Å².